The van der Waals surface area contributed by atoms with Gasteiger partial charge in [-0.3, -0.25) is 4.79 Å². The Kier molecular flexibility index (Phi) is 8.45. The molecule has 2 aliphatic rings. The maximum Gasteiger partial charge on any atom is 0.226 e. The van der Waals surface area contributed by atoms with E-state index in [4.69, 9.17) is 9.84 Å². The number of anilines is 1. The number of methoxy groups -OCH3 is 1. The van der Waals surface area contributed by atoms with Crippen LogP contribution in [0.1, 0.15) is 42.5 Å². The minimum atomic E-state index is 0.0565. The summed E-state index contributed by atoms with van der Waals surface area (Å²) in [6, 6.07) is 20.8. The molecule has 2 aromatic carbocycles. The smallest absolute Gasteiger partial charge is 0.226 e. The third kappa shape index (κ3) is 5.79. The van der Waals surface area contributed by atoms with Gasteiger partial charge in [-0.15, -0.1) is 0 Å². The Morgan fingerprint density at radius 2 is 1.71 bits per heavy atom. The fourth-order valence-electron chi connectivity index (χ4n) is 5.71. The zero-order valence-corrected chi connectivity index (χ0v) is 23.1. The Morgan fingerprint density at radius 3 is 2.37 bits per heavy atom. The molecule has 0 radical (unpaired) electrons. The van der Waals surface area contributed by atoms with Crippen LogP contribution in [-0.4, -0.2) is 78.5 Å². The molecule has 1 aliphatic heterocycles. The molecule has 1 amide bonds. The van der Waals surface area contributed by atoms with Gasteiger partial charge in [0.1, 0.15) is 5.82 Å². The number of amides is 1. The van der Waals surface area contributed by atoms with E-state index in [9.17, 15) is 4.79 Å². The summed E-state index contributed by atoms with van der Waals surface area (Å²) in [5, 5.41) is 5.03. The van der Waals surface area contributed by atoms with Gasteiger partial charge >= 0.3 is 0 Å². The molecule has 2 heterocycles. The number of hydrogen-bond donors (Lipinski definition) is 0. The number of carbonyl (C=O) groups excluding carboxylic acids is 1. The van der Waals surface area contributed by atoms with Crippen LogP contribution in [0.3, 0.4) is 0 Å². The Bertz CT molecular complexity index is 1190. The highest BCUT2D eigenvalue weighted by Gasteiger charge is 2.45. The van der Waals surface area contributed by atoms with E-state index < -0.39 is 0 Å². The van der Waals surface area contributed by atoms with Crippen LogP contribution in [0.5, 0.6) is 0 Å². The molecule has 5 rings (SSSR count). The quantitative estimate of drug-likeness (QED) is 0.352. The van der Waals surface area contributed by atoms with Crippen LogP contribution in [0.4, 0.5) is 5.82 Å². The molecule has 1 saturated carbocycles. The van der Waals surface area contributed by atoms with Crippen molar-refractivity contribution in [1.82, 2.24) is 19.6 Å². The van der Waals surface area contributed by atoms with Gasteiger partial charge in [0.2, 0.25) is 5.91 Å². The first-order valence-electron chi connectivity index (χ1n) is 14.0. The van der Waals surface area contributed by atoms with Crippen molar-refractivity contribution in [3.8, 4) is 5.69 Å². The second-order valence-corrected chi connectivity index (χ2v) is 10.5. The predicted octanol–water partition coefficient (Wildman–Crippen LogP) is 4.49. The highest BCUT2D eigenvalue weighted by Crippen LogP contribution is 2.48. The van der Waals surface area contributed by atoms with E-state index in [1.54, 1.807) is 7.11 Å². The monoisotopic (exact) mass is 515 g/mol. The zero-order valence-electron chi connectivity index (χ0n) is 23.1. The first-order valence-corrected chi connectivity index (χ1v) is 14.0. The summed E-state index contributed by atoms with van der Waals surface area (Å²) in [6.07, 6.45) is 1.75. The normalized spacial score (nSPS) is 19.5. The van der Waals surface area contributed by atoms with E-state index in [1.165, 1.54) is 5.56 Å². The first kappa shape index (κ1) is 26.4. The number of piperazine rings is 1. The topological polar surface area (TPSA) is 53.8 Å². The summed E-state index contributed by atoms with van der Waals surface area (Å²) in [4.78, 5) is 20.9. The van der Waals surface area contributed by atoms with Crippen LogP contribution < -0.4 is 4.90 Å². The number of hydrogen-bond acceptors (Lipinski definition) is 5. The zero-order chi connectivity index (χ0) is 26.5. The second kappa shape index (κ2) is 12.1. The summed E-state index contributed by atoms with van der Waals surface area (Å²) in [5.74, 6) is 1.76. The van der Waals surface area contributed by atoms with Crippen LogP contribution in [0.25, 0.3) is 5.69 Å². The highest BCUT2D eigenvalue weighted by molar-refractivity contribution is 5.83. The molecule has 2 atom stereocenters. The molecule has 3 aromatic rings. The van der Waals surface area contributed by atoms with Crippen molar-refractivity contribution in [1.29, 1.82) is 0 Å². The van der Waals surface area contributed by atoms with Crippen molar-refractivity contribution in [3.05, 3.63) is 77.5 Å². The summed E-state index contributed by atoms with van der Waals surface area (Å²) in [6.45, 7) is 11.3. The van der Waals surface area contributed by atoms with Gasteiger partial charge in [-0.2, -0.15) is 5.10 Å². The van der Waals surface area contributed by atoms with Crippen molar-refractivity contribution >= 4 is 11.7 Å². The maximum absolute atomic E-state index is 13.9. The first-order chi connectivity index (χ1) is 18.6. The van der Waals surface area contributed by atoms with Crippen molar-refractivity contribution in [2.75, 3.05) is 57.9 Å². The lowest BCUT2D eigenvalue weighted by Gasteiger charge is -2.36. The predicted molar refractivity (Wildman–Crippen MR) is 152 cm³/mol. The highest BCUT2D eigenvalue weighted by atomic mass is 16.5. The Labute approximate surface area is 227 Å². The van der Waals surface area contributed by atoms with Gasteiger partial charge in [0, 0.05) is 57.9 Å². The van der Waals surface area contributed by atoms with E-state index in [0.717, 1.165) is 68.3 Å². The number of aryl methyl sites for hydroxylation is 1. The Balaban J connectivity index is 1.44. The summed E-state index contributed by atoms with van der Waals surface area (Å²) in [7, 11) is 1.72. The van der Waals surface area contributed by atoms with E-state index in [2.05, 4.69) is 81.8 Å². The minimum absolute atomic E-state index is 0.0565. The molecule has 2 fully saturated rings. The molecule has 202 valence electrons. The Hall–Kier alpha value is -3.16. The summed E-state index contributed by atoms with van der Waals surface area (Å²) < 4.78 is 7.44. The average molecular weight is 516 g/mol. The number of ether oxygens (including phenoxy) is 1. The van der Waals surface area contributed by atoms with Crippen molar-refractivity contribution in [2.45, 2.75) is 39.2 Å². The van der Waals surface area contributed by atoms with Gasteiger partial charge in [0.05, 0.1) is 17.9 Å². The lowest BCUT2D eigenvalue weighted by atomic mass is 10.1. The maximum atomic E-state index is 13.9. The minimum Gasteiger partial charge on any atom is -0.385 e. The van der Waals surface area contributed by atoms with Gasteiger partial charge in [-0.1, -0.05) is 55.5 Å². The lowest BCUT2D eigenvalue weighted by molar-refractivity contribution is -0.133. The molecule has 1 saturated heterocycles. The van der Waals surface area contributed by atoms with Gasteiger partial charge in [-0.25, -0.2) is 4.68 Å². The van der Waals surface area contributed by atoms with Gasteiger partial charge < -0.3 is 19.4 Å². The molecule has 7 heteroatoms. The molecule has 1 aromatic heterocycles. The van der Waals surface area contributed by atoms with Gasteiger partial charge in [-0.05, 0) is 49.9 Å². The van der Waals surface area contributed by atoms with Crippen molar-refractivity contribution < 1.29 is 9.53 Å². The largest absolute Gasteiger partial charge is 0.385 e. The fourth-order valence-corrected chi connectivity index (χ4v) is 5.71. The van der Waals surface area contributed by atoms with Crippen molar-refractivity contribution in [3.63, 3.8) is 0 Å². The molecule has 0 spiro atoms. The molecular weight excluding hydrogens is 474 g/mol. The van der Waals surface area contributed by atoms with E-state index in [0.29, 0.717) is 25.6 Å². The van der Waals surface area contributed by atoms with Crippen LogP contribution in [-0.2, 0) is 16.1 Å². The van der Waals surface area contributed by atoms with Crippen molar-refractivity contribution in [2.24, 2.45) is 5.92 Å². The number of rotatable bonds is 11. The number of likely N-dealkylation sites (N-methyl/N-ethyl adjacent to an activating group) is 1. The lowest BCUT2D eigenvalue weighted by Crippen LogP contribution is -2.47. The molecule has 7 nitrogen and oxygen atoms in total. The third-order valence-electron chi connectivity index (χ3n) is 8.05. The second-order valence-electron chi connectivity index (χ2n) is 10.5. The van der Waals surface area contributed by atoms with Crippen LogP contribution in [0, 0.1) is 12.8 Å². The van der Waals surface area contributed by atoms with E-state index >= 15 is 0 Å². The molecule has 0 N–H and O–H groups in total. The number of para-hydroxylation sites is 1. The summed E-state index contributed by atoms with van der Waals surface area (Å²) >= 11 is 0. The molecule has 1 unspecified atom stereocenters. The van der Waals surface area contributed by atoms with Crippen LogP contribution >= 0.6 is 0 Å². The number of benzene rings is 2. The number of carbonyl (C=O) groups is 1. The fraction of sp³-hybridized carbons (Fsp3) is 0.484. The van der Waals surface area contributed by atoms with E-state index in [-0.39, 0.29) is 11.8 Å². The molecule has 1 aliphatic carbocycles. The third-order valence-corrected chi connectivity index (χ3v) is 8.05. The Morgan fingerprint density at radius 1 is 1.03 bits per heavy atom. The molecular formula is C31H41N5O2. The SMILES string of the molecule is CCN1CCN(c2c(CN(CCCOC)C(=O)C3C[C@H]3c3ccccc3)c(C)nn2-c2ccccc2)CC1. The number of nitrogens with zero attached hydrogens (tertiary/aromatic N) is 5. The van der Waals surface area contributed by atoms with Gasteiger partial charge in [0.15, 0.2) is 0 Å². The summed E-state index contributed by atoms with van der Waals surface area (Å²) in [5.41, 5.74) is 4.46. The average Bonchev–Trinajstić information content (AvgIpc) is 3.71. The number of aromatic nitrogens is 2. The van der Waals surface area contributed by atoms with E-state index in [1.807, 2.05) is 12.1 Å². The molecule has 0 bridgehead atoms. The van der Waals surface area contributed by atoms with Crippen LogP contribution in [0.2, 0.25) is 0 Å². The standard InChI is InChI=1S/C31H41N5O2/c1-4-33-17-19-34(20-18-33)30-29(24(2)32-36(30)26-14-9-6-10-15-26)23-35(16-11-21-38-3)31(37)28-22-27(28)25-12-7-5-8-13-25/h5-10,12-15,27-28H,4,11,16-23H2,1-3H3/t27-,28?/m0/s1. The molecule has 38 heavy (non-hydrogen) atoms. The van der Waals surface area contributed by atoms with Gasteiger partial charge in [0.25, 0.3) is 0 Å². The van der Waals surface area contributed by atoms with Crippen LogP contribution in [0.15, 0.2) is 60.7 Å².